The van der Waals surface area contributed by atoms with Gasteiger partial charge in [0.05, 0.1) is 18.0 Å². The van der Waals surface area contributed by atoms with E-state index in [1.54, 1.807) is 7.11 Å². The summed E-state index contributed by atoms with van der Waals surface area (Å²) >= 11 is 3.56. The number of pyridine rings is 1. The number of methoxy groups -OCH3 is 1. The number of hydrogen-bond donors (Lipinski definition) is 0. The highest BCUT2D eigenvalue weighted by molar-refractivity contribution is 9.09. The van der Waals surface area contributed by atoms with Crippen molar-refractivity contribution >= 4 is 21.7 Å². The number of halogens is 1. The van der Waals surface area contributed by atoms with Gasteiger partial charge in [-0.15, -0.1) is 0 Å². The van der Waals surface area contributed by atoms with Gasteiger partial charge < -0.3 is 14.4 Å². The van der Waals surface area contributed by atoms with E-state index in [1.165, 1.54) is 0 Å². The molecule has 1 atom stereocenters. The maximum atomic E-state index is 5.37. The van der Waals surface area contributed by atoms with Crippen LogP contribution in [0.4, 0.5) is 5.82 Å². The zero-order chi connectivity index (χ0) is 12.7. The third-order valence-electron chi connectivity index (χ3n) is 2.21. The first-order valence-electron chi connectivity index (χ1n) is 5.61. The molecule has 0 aromatic carbocycles. The van der Waals surface area contributed by atoms with Crippen molar-refractivity contribution in [3.8, 4) is 5.88 Å². The fourth-order valence-corrected chi connectivity index (χ4v) is 2.17. The summed E-state index contributed by atoms with van der Waals surface area (Å²) in [6.07, 6.45) is 0. The third-order valence-corrected chi connectivity index (χ3v) is 2.77. The predicted molar refractivity (Wildman–Crippen MR) is 73.3 cm³/mol. The van der Waals surface area contributed by atoms with Gasteiger partial charge in [-0.3, -0.25) is 0 Å². The van der Waals surface area contributed by atoms with Gasteiger partial charge in [-0.2, -0.15) is 4.98 Å². The number of hydrogen-bond acceptors (Lipinski definition) is 4. The van der Waals surface area contributed by atoms with E-state index in [-0.39, 0.29) is 4.83 Å². The van der Waals surface area contributed by atoms with Crippen LogP contribution >= 0.6 is 15.9 Å². The van der Waals surface area contributed by atoms with Crippen molar-refractivity contribution in [2.45, 2.75) is 11.8 Å². The van der Waals surface area contributed by atoms with Gasteiger partial charge >= 0.3 is 0 Å². The third kappa shape index (κ3) is 4.91. The number of ether oxygens (including phenoxy) is 2. The molecule has 17 heavy (non-hydrogen) atoms. The molecular formula is C12H19BrN2O2. The van der Waals surface area contributed by atoms with Crippen molar-refractivity contribution < 1.29 is 9.47 Å². The van der Waals surface area contributed by atoms with Crippen LogP contribution in [0.1, 0.15) is 6.92 Å². The monoisotopic (exact) mass is 302 g/mol. The molecular weight excluding hydrogens is 284 g/mol. The summed E-state index contributed by atoms with van der Waals surface area (Å²) in [4.78, 5) is 6.78. The lowest BCUT2D eigenvalue weighted by Crippen LogP contribution is -2.28. The summed E-state index contributed by atoms with van der Waals surface area (Å²) in [6.45, 7) is 4.09. The molecule has 0 saturated carbocycles. The number of aromatic nitrogens is 1. The van der Waals surface area contributed by atoms with Crippen LogP contribution in [0.25, 0.3) is 0 Å². The lowest BCUT2D eigenvalue weighted by Gasteiger charge is -2.21. The SMILES string of the molecule is CCOc1cccc(N(C)CC(Br)COC)n1. The molecule has 0 spiro atoms. The summed E-state index contributed by atoms with van der Waals surface area (Å²) in [5.74, 6) is 1.56. The largest absolute Gasteiger partial charge is 0.478 e. The molecule has 0 aliphatic carbocycles. The Balaban J connectivity index is 2.61. The van der Waals surface area contributed by atoms with Crippen LogP contribution in [-0.4, -0.2) is 43.7 Å². The highest BCUT2D eigenvalue weighted by atomic mass is 79.9. The minimum atomic E-state index is 0.287. The second kappa shape index (κ2) is 7.50. The van der Waals surface area contributed by atoms with E-state index in [0.717, 1.165) is 12.4 Å². The summed E-state index contributed by atoms with van der Waals surface area (Å²) in [6, 6.07) is 5.78. The molecule has 0 bridgehead atoms. The van der Waals surface area contributed by atoms with Crippen LogP contribution in [0.3, 0.4) is 0 Å². The maximum absolute atomic E-state index is 5.37. The topological polar surface area (TPSA) is 34.6 Å². The summed E-state index contributed by atoms with van der Waals surface area (Å²) < 4.78 is 10.5. The van der Waals surface area contributed by atoms with Crippen LogP contribution in [0, 0.1) is 0 Å². The average molecular weight is 303 g/mol. The lowest BCUT2D eigenvalue weighted by molar-refractivity contribution is 0.201. The standard InChI is InChI=1S/C12H19BrN2O2/c1-4-17-12-7-5-6-11(14-12)15(2)8-10(13)9-16-3/h5-7,10H,4,8-9H2,1-3H3. The lowest BCUT2D eigenvalue weighted by atomic mass is 10.4. The molecule has 4 nitrogen and oxygen atoms in total. The van der Waals surface area contributed by atoms with E-state index in [0.29, 0.717) is 19.1 Å². The predicted octanol–water partition coefficient (Wildman–Crippen LogP) is 2.33. The Hall–Kier alpha value is -0.810. The van der Waals surface area contributed by atoms with Gasteiger partial charge in [-0.05, 0) is 13.0 Å². The molecule has 1 unspecified atom stereocenters. The van der Waals surface area contributed by atoms with E-state index in [1.807, 2.05) is 32.2 Å². The Bertz CT molecular complexity index is 336. The van der Waals surface area contributed by atoms with E-state index < -0.39 is 0 Å². The molecule has 0 amide bonds. The van der Waals surface area contributed by atoms with Crippen molar-refractivity contribution in [1.82, 2.24) is 4.98 Å². The molecule has 0 radical (unpaired) electrons. The van der Waals surface area contributed by atoms with Crippen molar-refractivity contribution in [2.75, 3.05) is 38.8 Å². The van der Waals surface area contributed by atoms with Crippen LogP contribution in [0.15, 0.2) is 18.2 Å². The fraction of sp³-hybridized carbons (Fsp3) is 0.583. The summed E-state index contributed by atoms with van der Waals surface area (Å²) in [5.41, 5.74) is 0. The second-order valence-electron chi connectivity index (χ2n) is 3.70. The van der Waals surface area contributed by atoms with E-state index in [2.05, 4.69) is 25.8 Å². The van der Waals surface area contributed by atoms with Crippen LogP contribution < -0.4 is 9.64 Å². The number of alkyl halides is 1. The first-order valence-corrected chi connectivity index (χ1v) is 6.53. The first kappa shape index (κ1) is 14.3. The molecule has 1 heterocycles. The number of nitrogens with zero attached hydrogens (tertiary/aromatic N) is 2. The summed E-state index contributed by atoms with van der Waals surface area (Å²) in [5, 5.41) is 0. The van der Waals surface area contributed by atoms with Crippen molar-refractivity contribution in [1.29, 1.82) is 0 Å². The Kier molecular flexibility index (Phi) is 6.29. The highest BCUT2D eigenvalue weighted by Crippen LogP contribution is 2.16. The van der Waals surface area contributed by atoms with Gasteiger partial charge in [-0.1, -0.05) is 22.0 Å². The van der Waals surface area contributed by atoms with Crippen molar-refractivity contribution in [3.63, 3.8) is 0 Å². The Morgan fingerprint density at radius 1 is 1.47 bits per heavy atom. The molecule has 96 valence electrons. The first-order chi connectivity index (χ1) is 8.17. The van der Waals surface area contributed by atoms with Crippen LogP contribution in [-0.2, 0) is 4.74 Å². The minimum Gasteiger partial charge on any atom is -0.478 e. The molecule has 1 rings (SSSR count). The quantitative estimate of drug-likeness (QED) is 0.724. The number of rotatable bonds is 7. The van der Waals surface area contributed by atoms with E-state index >= 15 is 0 Å². The second-order valence-corrected chi connectivity index (χ2v) is 5.00. The van der Waals surface area contributed by atoms with Gasteiger partial charge in [0.2, 0.25) is 5.88 Å². The highest BCUT2D eigenvalue weighted by Gasteiger charge is 2.10. The molecule has 0 aliphatic heterocycles. The Labute approximate surface area is 111 Å². The Morgan fingerprint density at radius 2 is 2.24 bits per heavy atom. The van der Waals surface area contributed by atoms with E-state index in [4.69, 9.17) is 9.47 Å². The van der Waals surface area contributed by atoms with Crippen molar-refractivity contribution in [3.05, 3.63) is 18.2 Å². The Morgan fingerprint density at radius 3 is 2.88 bits per heavy atom. The van der Waals surface area contributed by atoms with Crippen molar-refractivity contribution in [2.24, 2.45) is 0 Å². The minimum absolute atomic E-state index is 0.287. The molecule has 0 aliphatic rings. The van der Waals surface area contributed by atoms with Gasteiger partial charge in [0, 0.05) is 26.8 Å². The molecule has 0 N–H and O–H groups in total. The zero-order valence-corrected chi connectivity index (χ0v) is 12.1. The molecule has 1 aromatic rings. The van der Waals surface area contributed by atoms with Gasteiger partial charge in [0.15, 0.2) is 0 Å². The normalized spacial score (nSPS) is 12.2. The fourth-order valence-electron chi connectivity index (χ4n) is 1.47. The van der Waals surface area contributed by atoms with Crippen LogP contribution in [0.2, 0.25) is 0 Å². The van der Waals surface area contributed by atoms with Gasteiger partial charge in [-0.25, -0.2) is 0 Å². The van der Waals surface area contributed by atoms with Crippen LogP contribution in [0.5, 0.6) is 5.88 Å². The molecule has 0 saturated heterocycles. The number of anilines is 1. The van der Waals surface area contributed by atoms with E-state index in [9.17, 15) is 0 Å². The smallest absolute Gasteiger partial charge is 0.215 e. The van der Waals surface area contributed by atoms with Gasteiger partial charge in [0.1, 0.15) is 5.82 Å². The molecule has 1 aromatic heterocycles. The van der Waals surface area contributed by atoms with Gasteiger partial charge in [0.25, 0.3) is 0 Å². The molecule has 0 fully saturated rings. The maximum Gasteiger partial charge on any atom is 0.215 e. The zero-order valence-electron chi connectivity index (χ0n) is 10.5. The average Bonchev–Trinajstić information content (AvgIpc) is 2.30. The molecule has 5 heteroatoms. The summed E-state index contributed by atoms with van der Waals surface area (Å²) in [7, 11) is 3.70.